The van der Waals surface area contributed by atoms with Gasteiger partial charge >= 0.3 is 0 Å². The van der Waals surface area contributed by atoms with Crippen LogP contribution in [0.15, 0.2) is 16.6 Å². The van der Waals surface area contributed by atoms with Crippen molar-refractivity contribution in [2.75, 3.05) is 7.11 Å². The van der Waals surface area contributed by atoms with E-state index in [9.17, 15) is 9.59 Å². The number of piperidine rings is 1. The lowest BCUT2D eigenvalue weighted by Crippen LogP contribution is -2.39. The van der Waals surface area contributed by atoms with Crippen LogP contribution in [0.2, 0.25) is 5.02 Å². The number of nitrogens with one attached hydrogen (secondary N) is 1. The molecule has 96 valence electrons. The Hall–Kier alpha value is -1.07. The molecule has 1 aromatic rings. The fourth-order valence-electron chi connectivity index (χ4n) is 1.99. The Morgan fingerprint density at radius 3 is 2.78 bits per heavy atom. The number of benzene rings is 1. The molecule has 0 aliphatic carbocycles. The summed E-state index contributed by atoms with van der Waals surface area (Å²) in [5.41, 5.74) is 0.682. The van der Waals surface area contributed by atoms with E-state index < -0.39 is 5.92 Å². The Morgan fingerprint density at radius 1 is 1.44 bits per heavy atom. The van der Waals surface area contributed by atoms with E-state index in [1.807, 2.05) is 0 Å². The van der Waals surface area contributed by atoms with Crippen molar-refractivity contribution in [1.29, 1.82) is 0 Å². The van der Waals surface area contributed by atoms with Crippen molar-refractivity contribution in [3.8, 4) is 5.75 Å². The number of amides is 2. The molecule has 1 unspecified atom stereocenters. The molecule has 1 aliphatic rings. The van der Waals surface area contributed by atoms with Crippen LogP contribution in [0.3, 0.4) is 0 Å². The van der Waals surface area contributed by atoms with Crippen LogP contribution >= 0.6 is 27.5 Å². The molecule has 0 bridgehead atoms. The molecule has 1 fully saturated rings. The van der Waals surface area contributed by atoms with Crippen molar-refractivity contribution in [3.63, 3.8) is 0 Å². The highest BCUT2D eigenvalue weighted by molar-refractivity contribution is 9.10. The molecule has 18 heavy (non-hydrogen) atoms. The standard InChI is InChI=1S/C12H11BrClNO3/c1-18-11-8(13)4-2-6(10(11)14)7-3-5-9(16)15-12(7)17/h2,4,7H,3,5H2,1H3,(H,15,16,17). The summed E-state index contributed by atoms with van der Waals surface area (Å²) in [5.74, 6) is -0.454. The summed E-state index contributed by atoms with van der Waals surface area (Å²) in [6.07, 6.45) is 0.792. The molecule has 0 saturated carbocycles. The number of hydrogen-bond acceptors (Lipinski definition) is 3. The smallest absolute Gasteiger partial charge is 0.234 e. The van der Waals surface area contributed by atoms with E-state index in [-0.39, 0.29) is 11.8 Å². The van der Waals surface area contributed by atoms with Crippen LogP contribution in [0, 0.1) is 0 Å². The summed E-state index contributed by atoms with van der Waals surface area (Å²) in [5, 5.41) is 2.72. The van der Waals surface area contributed by atoms with Crippen LogP contribution in [-0.2, 0) is 9.59 Å². The molecule has 1 heterocycles. The first kappa shape index (κ1) is 13.4. The molecule has 1 aromatic carbocycles. The second-order valence-electron chi connectivity index (χ2n) is 3.99. The van der Waals surface area contributed by atoms with Crippen LogP contribution in [0.4, 0.5) is 0 Å². The van der Waals surface area contributed by atoms with Crippen molar-refractivity contribution in [1.82, 2.24) is 5.32 Å². The summed E-state index contributed by atoms with van der Waals surface area (Å²) in [6.45, 7) is 0. The monoisotopic (exact) mass is 331 g/mol. The summed E-state index contributed by atoms with van der Waals surface area (Å²) in [6, 6.07) is 3.55. The minimum Gasteiger partial charge on any atom is -0.494 e. The van der Waals surface area contributed by atoms with Gasteiger partial charge in [-0.15, -0.1) is 0 Å². The Balaban J connectivity index is 2.40. The van der Waals surface area contributed by atoms with E-state index in [0.717, 1.165) is 4.47 Å². The zero-order valence-corrected chi connectivity index (χ0v) is 12.0. The van der Waals surface area contributed by atoms with Gasteiger partial charge in [0.05, 0.1) is 22.5 Å². The first-order chi connectivity index (χ1) is 8.54. The van der Waals surface area contributed by atoms with Gasteiger partial charge in [-0.2, -0.15) is 0 Å². The van der Waals surface area contributed by atoms with Crippen molar-refractivity contribution >= 4 is 39.3 Å². The zero-order valence-electron chi connectivity index (χ0n) is 9.63. The van der Waals surface area contributed by atoms with Gasteiger partial charge in [-0.3, -0.25) is 14.9 Å². The lowest BCUT2D eigenvalue weighted by atomic mass is 9.90. The first-order valence-corrected chi connectivity index (χ1v) is 6.57. The molecule has 0 aromatic heterocycles. The largest absolute Gasteiger partial charge is 0.494 e. The molecule has 2 amide bonds. The second kappa shape index (κ2) is 5.28. The van der Waals surface area contributed by atoms with Crippen LogP contribution in [0.5, 0.6) is 5.75 Å². The van der Waals surface area contributed by atoms with Gasteiger partial charge in [0.25, 0.3) is 0 Å². The molecule has 4 nitrogen and oxygen atoms in total. The van der Waals surface area contributed by atoms with Crippen molar-refractivity contribution in [2.45, 2.75) is 18.8 Å². The molecule has 1 saturated heterocycles. The van der Waals surface area contributed by atoms with Crippen molar-refractivity contribution in [3.05, 3.63) is 27.2 Å². The minimum absolute atomic E-state index is 0.239. The number of halogens is 2. The Morgan fingerprint density at radius 2 is 2.17 bits per heavy atom. The zero-order chi connectivity index (χ0) is 13.3. The highest BCUT2D eigenvalue weighted by atomic mass is 79.9. The van der Waals surface area contributed by atoms with E-state index >= 15 is 0 Å². The average molecular weight is 333 g/mol. The Bertz CT molecular complexity index is 518. The average Bonchev–Trinajstić information content (AvgIpc) is 2.31. The van der Waals surface area contributed by atoms with Gasteiger partial charge in [-0.1, -0.05) is 17.7 Å². The SMILES string of the molecule is COc1c(Br)ccc(C2CCC(=O)NC2=O)c1Cl. The number of carbonyl (C=O) groups is 2. The van der Waals surface area contributed by atoms with Gasteiger partial charge in [-0.25, -0.2) is 0 Å². The summed E-state index contributed by atoms with van der Waals surface area (Å²) in [4.78, 5) is 22.9. The number of ether oxygens (including phenoxy) is 1. The molecule has 1 N–H and O–H groups in total. The number of imide groups is 1. The van der Waals surface area contributed by atoms with Crippen LogP contribution in [-0.4, -0.2) is 18.9 Å². The molecule has 6 heteroatoms. The van der Waals surface area contributed by atoms with E-state index in [4.69, 9.17) is 16.3 Å². The van der Waals surface area contributed by atoms with Crippen LogP contribution < -0.4 is 10.1 Å². The van der Waals surface area contributed by atoms with Crippen LogP contribution in [0.1, 0.15) is 24.3 Å². The highest BCUT2D eigenvalue weighted by Crippen LogP contribution is 2.40. The minimum atomic E-state index is -0.405. The van der Waals surface area contributed by atoms with Gasteiger partial charge in [0.2, 0.25) is 11.8 Å². The fraction of sp³-hybridized carbons (Fsp3) is 0.333. The van der Waals surface area contributed by atoms with Gasteiger partial charge in [0, 0.05) is 6.42 Å². The summed E-state index contributed by atoms with van der Waals surface area (Å²) < 4.78 is 5.91. The summed E-state index contributed by atoms with van der Waals surface area (Å²) >= 11 is 9.56. The molecule has 1 atom stereocenters. The van der Waals surface area contributed by atoms with E-state index in [1.165, 1.54) is 7.11 Å². The third kappa shape index (κ3) is 2.37. The molecule has 1 aliphatic heterocycles. The Labute approximate surface area is 118 Å². The van der Waals surface area contributed by atoms with Crippen molar-refractivity contribution < 1.29 is 14.3 Å². The Kier molecular flexibility index (Phi) is 3.92. The normalized spacial score (nSPS) is 19.6. The lowest BCUT2D eigenvalue weighted by molar-refractivity contribution is -0.134. The maximum Gasteiger partial charge on any atom is 0.234 e. The van der Waals surface area contributed by atoms with Gasteiger partial charge < -0.3 is 4.74 Å². The first-order valence-electron chi connectivity index (χ1n) is 5.40. The maximum atomic E-state index is 11.8. The third-order valence-electron chi connectivity index (χ3n) is 2.90. The quantitative estimate of drug-likeness (QED) is 0.847. The fourth-order valence-corrected chi connectivity index (χ4v) is 2.97. The van der Waals surface area contributed by atoms with E-state index in [2.05, 4.69) is 21.2 Å². The molecule has 0 spiro atoms. The van der Waals surface area contributed by atoms with Gasteiger partial charge in [0.1, 0.15) is 0 Å². The van der Waals surface area contributed by atoms with Crippen molar-refractivity contribution in [2.24, 2.45) is 0 Å². The van der Waals surface area contributed by atoms with Crippen LogP contribution in [0.25, 0.3) is 0 Å². The summed E-state index contributed by atoms with van der Waals surface area (Å²) in [7, 11) is 1.51. The number of rotatable bonds is 2. The molecular weight excluding hydrogens is 321 g/mol. The topological polar surface area (TPSA) is 55.4 Å². The number of methoxy groups -OCH3 is 1. The molecule has 2 rings (SSSR count). The molecule has 0 radical (unpaired) electrons. The number of hydrogen-bond donors (Lipinski definition) is 1. The highest BCUT2D eigenvalue weighted by Gasteiger charge is 2.30. The third-order valence-corrected chi connectivity index (χ3v) is 3.91. The maximum absolute atomic E-state index is 11.8. The lowest BCUT2D eigenvalue weighted by Gasteiger charge is -2.23. The second-order valence-corrected chi connectivity index (χ2v) is 5.22. The number of carbonyl (C=O) groups excluding carboxylic acids is 2. The van der Waals surface area contributed by atoms with Gasteiger partial charge in [-0.05, 0) is 34.0 Å². The molecular formula is C12H11BrClNO3. The van der Waals surface area contributed by atoms with Gasteiger partial charge in [0.15, 0.2) is 5.75 Å². The predicted octanol–water partition coefficient (Wildman–Crippen LogP) is 2.63. The predicted molar refractivity (Wildman–Crippen MR) is 70.8 cm³/mol. The van der Waals surface area contributed by atoms with E-state index in [0.29, 0.717) is 29.2 Å². The van der Waals surface area contributed by atoms with E-state index in [1.54, 1.807) is 12.1 Å².